The van der Waals surface area contributed by atoms with E-state index >= 15 is 0 Å². The Morgan fingerprint density at radius 2 is 1.54 bits per heavy atom. The molecule has 1 aromatic carbocycles. The number of fused-ring (bicyclic) bond motifs is 2. The Labute approximate surface area is 165 Å². The first kappa shape index (κ1) is 19.9. The summed E-state index contributed by atoms with van der Waals surface area (Å²) < 4.78 is 11.5. The number of unbranched alkanes of at least 4 members (excludes halogenated alkanes) is 7. The van der Waals surface area contributed by atoms with Gasteiger partial charge in [0, 0.05) is 6.54 Å². The molecule has 0 unspecified atom stereocenters. The lowest BCUT2D eigenvalue weighted by molar-refractivity contribution is -0.180. The van der Waals surface area contributed by atoms with Gasteiger partial charge in [0.2, 0.25) is 0 Å². The van der Waals surface area contributed by atoms with Crippen molar-refractivity contribution in [1.82, 2.24) is 0 Å². The molecule has 0 radical (unpaired) electrons. The van der Waals surface area contributed by atoms with Crippen LogP contribution in [-0.4, -0.2) is 25.7 Å². The van der Waals surface area contributed by atoms with Crippen LogP contribution in [0.1, 0.15) is 63.9 Å². The van der Waals surface area contributed by atoms with Crippen molar-refractivity contribution in [2.75, 3.05) is 24.7 Å². The van der Waals surface area contributed by atoms with Crippen molar-refractivity contribution >= 4 is 34.8 Å². The maximum absolute atomic E-state index is 13.1. The summed E-state index contributed by atoms with van der Waals surface area (Å²) in [4.78, 5) is 14.8. The zero-order valence-electron chi connectivity index (χ0n) is 15.4. The third kappa shape index (κ3) is 3.75. The Morgan fingerprint density at radius 1 is 0.962 bits per heavy atom. The number of carbonyl (C=O) groups is 1. The van der Waals surface area contributed by atoms with Crippen LogP contribution in [0.3, 0.4) is 0 Å². The lowest BCUT2D eigenvalue weighted by atomic mass is 10.1. The third-order valence-corrected chi connectivity index (χ3v) is 5.75. The van der Waals surface area contributed by atoms with Gasteiger partial charge in [0.1, 0.15) is 0 Å². The maximum atomic E-state index is 13.1. The van der Waals surface area contributed by atoms with Gasteiger partial charge in [-0.2, -0.15) is 0 Å². The molecule has 1 fully saturated rings. The number of anilines is 1. The van der Waals surface area contributed by atoms with Crippen LogP contribution in [0.5, 0.6) is 0 Å². The molecule has 1 amide bonds. The molecule has 0 bridgehead atoms. The minimum atomic E-state index is -1.41. The van der Waals surface area contributed by atoms with Gasteiger partial charge in [-0.25, -0.2) is 0 Å². The van der Waals surface area contributed by atoms with Crippen LogP contribution in [0.2, 0.25) is 10.0 Å². The molecule has 2 heterocycles. The molecule has 0 saturated carbocycles. The van der Waals surface area contributed by atoms with E-state index in [1.807, 2.05) is 0 Å². The molecule has 4 nitrogen and oxygen atoms in total. The summed E-state index contributed by atoms with van der Waals surface area (Å²) >= 11 is 12.8. The molecule has 1 spiro atoms. The predicted octanol–water partition coefficient (Wildman–Crippen LogP) is 5.68. The van der Waals surface area contributed by atoms with E-state index in [9.17, 15) is 4.79 Å². The Morgan fingerprint density at radius 3 is 2.19 bits per heavy atom. The number of benzene rings is 1. The van der Waals surface area contributed by atoms with Gasteiger partial charge in [-0.3, -0.25) is 4.79 Å². The highest BCUT2D eigenvalue weighted by Crippen LogP contribution is 2.51. The van der Waals surface area contributed by atoms with Crippen molar-refractivity contribution < 1.29 is 14.3 Å². The average molecular weight is 400 g/mol. The molecule has 0 N–H and O–H groups in total. The van der Waals surface area contributed by atoms with E-state index in [2.05, 4.69) is 6.92 Å². The second-order valence-corrected chi connectivity index (χ2v) is 7.81. The topological polar surface area (TPSA) is 38.8 Å². The molecule has 0 aliphatic carbocycles. The number of nitrogens with zero attached hydrogens (tertiary/aromatic N) is 1. The Bertz CT molecular complexity index is 644. The first-order valence-electron chi connectivity index (χ1n) is 9.70. The van der Waals surface area contributed by atoms with E-state index in [1.165, 1.54) is 38.5 Å². The van der Waals surface area contributed by atoms with Gasteiger partial charge >= 0.3 is 0 Å². The van der Waals surface area contributed by atoms with Crippen LogP contribution in [0.4, 0.5) is 5.69 Å². The van der Waals surface area contributed by atoms with E-state index in [4.69, 9.17) is 32.7 Å². The highest BCUT2D eigenvalue weighted by Gasteiger charge is 2.57. The number of amides is 1. The summed E-state index contributed by atoms with van der Waals surface area (Å²) in [7, 11) is 0. The Kier molecular flexibility index (Phi) is 6.84. The van der Waals surface area contributed by atoms with Gasteiger partial charge in [-0.1, -0.05) is 75.1 Å². The van der Waals surface area contributed by atoms with Crippen molar-refractivity contribution in [1.29, 1.82) is 0 Å². The Hall–Kier alpha value is -0.810. The van der Waals surface area contributed by atoms with Gasteiger partial charge in [0.25, 0.3) is 11.7 Å². The van der Waals surface area contributed by atoms with Crippen LogP contribution < -0.4 is 4.90 Å². The summed E-state index contributed by atoms with van der Waals surface area (Å²) in [6, 6.07) is 3.42. The van der Waals surface area contributed by atoms with Crippen LogP contribution in [-0.2, 0) is 20.1 Å². The van der Waals surface area contributed by atoms with E-state index in [0.29, 0.717) is 41.1 Å². The second-order valence-electron chi connectivity index (χ2n) is 7.00. The minimum absolute atomic E-state index is 0.206. The normalized spacial score (nSPS) is 18.1. The molecule has 2 aliphatic rings. The summed E-state index contributed by atoms with van der Waals surface area (Å²) in [5, 5.41) is 0.964. The zero-order chi connectivity index (χ0) is 18.6. The van der Waals surface area contributed by atoms with Gasteiger partial charge in [0.15, 0.2) is 0 Å². The van der Waals surface area contributed by atoms with Crippen molar-refractivity contribution in [2.45, 2.75) is 64.1 Å². The summed E-state index contributed by atoms with van der Waals surface area (Å²) in [5.41, 5.74) is 1.21. The van der Waals surface area contributed by atoms with Crippen LogP contribution in [0.15, 0.2) is 12.1 Å². The van der Waals surface area contributed by atoms with Crippen molar-refractivity contribution in [3.05, 3.63) is 27.7 Å². The fourth-order valence-corrected chi connectivity index (χ4v) is 4.34. The Balaban J connectivity index is 1.64. The van der Waals surface area contributed by atoms with Crippen molar-refractivity contribution in [2.24, 2.45) is 0 Å². The molecule has 2 aliphatic heterocycles. The number of ether oxygens (including phenoxy) is 2. The van der Waals surface area contributed by atoms with E-state index in [1.54, 1.807) is 17.0 Å². The highest BCUT2D eigenvalue weighted by atomic mass is 35.5. The number of hydrogen-bond acceptors (Lipinski definition) is 3. The molecule has 0 aromatic heterocycles. The molecule has 1 saturated heterocycles. The van der Waals surface area contributed by atoms with Gasteiger partial charge in [-0.05, 0) is 18.6 Å². The second kappa shape index (κ2) is 8.92. The average Bonchev–Trinajstić information content (AvgIpc) is 3.21. The lowest BCUT2D eigenvalue weighted by Crippen LogP contribution is -2.41. The first-order valence-corrected chi connectivity index (χ1v) is 10.5. The quantitative estimate of drug-likeness (QED) is 0.501. The van der Waals surface area contributed by atoms with Crippen LogP contribution in [0, 0.1) is 0 Å². The first-order chi connectivity index (χ1) is 12.6. The monoisotopic (exact) mass is 399 g/mol. The molecule has 0 atom stereocenters. The van der Waals surface area contributed by atoms with Gasteiger partial charge in [-0.15, -0.1) is 0 Å². The van der Waals surface area contributed by atoms with Crippen molar-refractivity contribution in [3.8, 4) is 0 Å². The predicted molar refractivity (Wildman–Crippen MR) is 105 cm³/mol. The molecule has 6 heteroatoms. The van der Waals surface area contributed by atoms with E-state index in [0.717, 1.165) is 12.8 Å². The lowest BCUT2D eigenvalue weighted by Gasteiger charge is -2.22. The maximum Gasteiger partial charge on any atom is 0.292 e. The van der Waals surface area contributed by atoms with Crippen LogP contribution in [0.25, 0.3) is 0 Å². The number of hydrogen-bond donors (Lipinski definition) is 0. The smallest absolute Gasteiger partial charge is 0.292 e. The van der Waals surface area contributed by atoms with Crippen molar-refractivity contribution in [3.63, 3.8) is 0 Å². The molecular formula is C20H27Cl2NO3. The molecule has 26 heavy (non-hydrogen) atoms. The number of carbonyl (C=O) groups excluding carboxylic acids is 1. The summed E-state index contributed by atoms with van der Waals surface area (Å²) in [5.74, 6) is -1.61. The third-order valence-electron chi connectivity index (χ3n) is 5.13. The number of rotatable bonds is 9. The molecular weight excluding hydrogens is 373 g/mol. The molecule has 144 valence electrons. The minimum Gasteiger partial charge on any atom is -0.336 e. The molecule has 3 rings (SSSR count). The summed E-state index contributed by atoms with van der Waals surface area (Å²) in [6.07, 6.45) is 9.68. The van der Waals surface area contributed by atoms with E-state index < -0.39 is 5.79 Å². The summed E-state index contributed by atoms with van der Waals surface area (Å²) in [6.45, 7) is 3.58. The van der Waals surface area contributed by atoms with Crippen LogP contribution >= 0.6 is 23.2 Å². The zero-order valence-corrected chi connectivity index (χ0v) is 16.9. The van der Waals surface area contributed by atoms with Gasteiger partial charge < -0.3 is 14.4 Å². The highest BCUT2D eigenvalue weighted by molar-refractivity contribution is 6.38. The SMILES string of the molecule is CCCCCCCCCCN1C(=O)C2(OCCO2)c2c(Cl)ccc(Cl)c21. The van der Waals surface area contributed by atoms with E-state index in [-0.39, 0.29) is 5.91 Å². The number of halogens is 2. The largest absolute Gasteiger partial charge is 0.336 e. The standard InChI is InChI=1S/C20H27Cl2NO3/c1-2-3-4-5-6-7-8-9-12-23-18-16(22)11-10-15(21)17(18)20(19(23)24)25-13-14-26-20/h10-11H,2-9,12-14H2,1H3. The fourth-order valence-electron chi connectivity index (χ4n) is 3.80. The van der Waals surface area contributed by atoms with Gasteiger partial charge in [0.05, 0.1) is 34.5 Å². The molecule has 1 aromatic rings. The fraction of sp³-hybridized carbons (Fsp3) is 0.650.